The molecule has 0 atom stereocenters. The first-order valence-electron chi connectivity index (χ1n) is 6.58. The van der Waals surface area contributed by atoms with Gasteiger partial charge in [-0.25, -0.2) is 4.90 Å². The van der Waals surface area contributed by atoms with E-state index < -0.39 is 11.1 Å². The third-order valence-electron chi connectivity index (χ3n) is 3.22. The molecule has 122 valence electrons. The van der Waals surface area contributed by atoms with Crippen molar-refractivity contribution in [3.05, 3.63) is 61.9 Å². The zero-order valence-electron chi connectivity index (χ0n) is 11.8. The number of hydrogen-bond acceptors (Lipinski definition) is 4. The topological polar surface area (TPSA) is 57.6 Å². The summed E-state index contributed by atoms with van der Waals surface area (Å²) in [5.74, 6) is -0.706. The summed E-state index contributed by atoms with van der Waals surface area (Å²) in [5.41, 5.74) is 0.674. The number of rotatable bonds is 2. The van der Waals surface area contributed by atoms with Gasteiger partial charge in [0.2, 0.25) is 0 Å². The van der Waals surface area contributed by atoms with Gasteiger partial charge in [-0.2, -0.15) is 0 Å². The van der Waals surface area contributed by atoms with Crippen LogP contribution in [0.1, 0.15) is 5.56 Å². The summed E-state index contributed by atoms with van der Waals surface area (Å²) >= 11 is 18.4. The van der Waals surface area contributed by atoms with Crippen LogP contribution in [0.15, 0.2) is 41.3 Å². The monoisotopic (exact) mass is 399 g/mol. The Morgan fingerprint density at radius 3 is 2.33 bits per heavy atom. The molecule has 0 saturated carbocycles. The Bertz CT molecular complexity index is 881. The fourth-order valence-electron chi connectivity index (χ4n) is 2.12. The molecule has 2 amide bonds. The van der Waals surface area contributed by atoms with Gasteiger partial charge in [-0.3, -0.25) is 9.59 Å². The highest BCUT2D eigenvalue weighted by atomic mass is 35.5. The van der Waals surface area contributed by atoms with Crippen molar-refractivity contribution in [1.29, 1.82) is 0 Å². The van der Waals surface area contributed by atoms with Crippen LogP contribution in [0, 0.1) is 0 Å². The van der Waals surface area contributed by atoms with E-state index in [-0.39, 0.29) is 21.2 Å². The Morgan fingerprint density at radius 2 is 1.67 bits per heavy atom. The largest absolute Gasteiger partial charge is 0.506 e. The number of phenols is 1. The predicted molar refractivity (Wildman–Crippen MR) is 98.0 cm³/mol. The number of imide groups is 1. The first-order valence-corrected chi connectivity index (χ1v) is 8.53. The molecular weight excluding hydrogens is 393 g/mol. The highest BCUT2D eigenvalue weighted by Crippen LogP contribution is 2.39. The van der Waals surface area contributed by atoms with E-state index in [9.17, 15) is 14.7 Å². The number of carbonyl (C=O) groups excluding carboxylic acids is 2. The molecule has 1 saturated heterocycles. The SMILES string of the molecule is O=C1S/C(=C/c2cc(Cl)cc(Cl)c2O)C(=O)N1c1ccc(Cl)cc1. The van der Waals surface area contributed by atoms with Gasteiger partial charge in [0.15, 0.2) is 0 Å². The van der Waals surface area contributed by atoms with E-state index in [0.717, 1.165) is 16.7 Å². The molecule has 8 heteroatoms. The van der Waals surface area contributed by atoms with Gasteiger partial charge in [0.25, 0.3) is 11.1 Å². The second-order valence-corrected chi connectivity index (χ2v) is 7.09. The van der Waals surface area contributed by atoms with Crippen molar-refractivity contribution < 1.29 is 14.7 Å². The summed E-state index contributed by atoms with van der Waals surface area (Å²) in [4.78, 5) is 25.9. The molecule has 0 bridgehead atoms. The number of nitrogens with zero attached hydrogens (tertiary/aromatic N) is 1. The summed E-state index contributed by atoms with van der Waals surface area (Å²) in [6, 6.07) is 9.18. The Morgan fingerprint density at radius 1 is 1.00 bits per heavy atom. The standard InChI is InChI=1S/C16H8Cl3NO3S/c17-9-1-3-11(4-2-9)20-15(22)13(24-16(20)23)6-8-5-10(18)7-12(19)14(8)21/h1-7,21H/b13-6+. The van der Waals surface area contributed by atoms with E-state index in [2.05, 4.69) is 0 Å². The molecule has 1 fully saturated rings. The van der Waals surface area contributed by atoms with Crippen molar-refractivity contribution in [1.82, 2.24) is 0 Å². The lowest BCUT2D eigenvalue weighted by molar-refractivity contribution is -0.113. The lowest BCUT2D eigenvalue weighted by Gasteiger charge is -2.12. The first kappa shape index (κ1) is 17.2. The van der Waals surface area contributed by atoms with E-state index in [1.54, 1.807) is 24.3 Å². The van der Waals surface area contributed by atoms with Crippen molar-refractivity contribution >= 4 is 69.5 Å². The lowest BCUT2D eigenvalue weighted by Crippen LogP contribution is -2.27. The van der Waals surface area contributed by atoms with Crippen LogP contribution in [0.5, 0.6) is 5.75 Å². The van der Waals surface area contributed by atoms with Crippen LogP contribution in [-0.2, 0) is 4.79 Å². The number of phenolic OH excluding ortho intramolecular Hbond substituents is 1. The molecule has 24 heavy (non-hydrogen) atoms. The van der Waals surface area contributed by atoms with E-state index in [1.807, 2.05) is 0 Å². The zero-order valence-corrected chi connectivity index (χ0v) is 14.9. The maximum absolute atomic E-state index is 12.5. The summed E-state index contributed by atoms with van der Waals surface area (Å²) in [6.07, 6.45) is 1.38. The fraction of sp³-hybridized carbons (Fsp3) is 0. The summed E-state index contributed by atoms with van der Waals surface area (Å²) < 4.78 is 0. The second-order valence-electron chi connectivity index (χ2n) is 4.82. The first-order chi connectivity index (χ1) is 11.4. The van der Waals surface area contributed by atoms with E-state index in [0.29, 0.717) is 15.7 Å². The molecule has 1 aliphatic rings. The Kier molecular flexibility index (Phi) is 4.78. The highest BCUT2D eigenvalue weighted by Gasteiger charge is 2.36. The van der Waals surface area contributed by atoms with E-state index >= 15 is 0 Å². The van der Waals surface area contributed by atoms with Gasteiger partial charge in [-0.1, -0.05) is 34.8 Å². The van der Waals surface area contributed by atoms with Crippen molar-refractivity contribution in [3.63, 3.8) is 0 Å². The van der Waals surface area contributed by atoms with Gasteiger partial charge in [0, 0.05) is 15.6 Å². The van der Waals surface area contributed by atoms with Crippen LogP contribution in [0.2, 0.25) is 15.1 Å². The summed E-state index contributed by atoms with van der Waals surface area (Å²) in [6.45, 7) is 0. The predicted octanol–water partition coefficient (Wildman–Crippen LogP) is 5.59. The number of thioether (sulfide) groups is 1. The van der Waals surface area contributed by atoms with Crippen molar-refractivity contribution in [2.45, 2.75) is 0 Å². The molecule has 0 aromatic heterocycles. The molecule has 1 aliphatic heterocycles. The van der Waals surface area contributed by atoms with Gasteiger partial charge in [0.05, 0.1) is 15.6 Å². The normalized spacial score (nSPS) is 16.3. The molecule has 0 aliphatic carbocycles. The average Bonchev–Trinajstić information content (AvgIpc) is 2.80. The number of anilines is 1. The maximum Gasteiger partial charge on any atom is 0.298 e. The van der Waals surface area contributed by atoms with E-state index in [4.69, 9.17) is 34.8 Å². The molecule has 2 aromatic rings. The van der Waals surface area contributed by atoms with Crippen LogP contribution in [0.4, 0.5) is 10.5 Å². The van der Waals surface area contributed by atoms with Gasteiger partial charge >= 0.3 is 0 Å². The third-order valence-corrected chi connectivity index (χ3v) is 4.85. The molecular formula is C16H8Cl3NO3S. The summed E-state index contributed by atoms with van der Waals surface area (Å²) in [7, 11) is 0. The fourth-order valence-corrected chi connectivity index (χ4v) is 3.59. The Balaban J connectivity index is 1.98. The van der Waals surface area contributed by atoms with Crippen molar-refractivity contribution in [2.24, 2.45) is 0 Å². The smallest absolute Gasteiger partial charge is 0.298 e. The number of hydrogen-bond donors (Lipinski definition) is 1. The Hall–Kier alpha value is -1.66. The molecule has 3 rings (SSSR count). The minimum Gasteiger partial charge on any atom is -0.506 e. The van der Waals surface area contributed by atoms with E-state index in [1.165, 1.54) is 18.2 Å². The quantitative estimate of drug-likeness (QED) is 0.667. The highest BCUT2D eigenvalue weighted by molar-refractivity contribution is 8.19. The van der Waals surface area contributed by atoms with Gasteiger partial charge in [-0.15, -0.1) is 0 Å². The number of amides is 2. The minimum atomic E-state index is -0.497. The van der Waals surface area contributed by atoms with Crippen LogP contribution in [-0.4, -0.2) is 16.3 Å². The van der Waals surface area contributed by atoms with Gasteiger partial charge in [0.1, 0.15) is 5.75 Å². The number of aromatic hydroxyl groups is 1. The molecule has 1 N–H and O–H groups in total. The maximum atomic E-state index is 12.5. The van der Waals surface area contributed by atoms with Crippen LogP contribution < -0.4 is 4.90 Å². The molecule has 4 nitrogen and oxygen atoms in total. The van der Waals surface area contributed by atoms with Gasteiger partial charge < -0.3 is 5.11 Å². The number of benzene rings is 2. The molecule has 0 spiro atoms. The molecule has 2 aromatic carbocycles. The minimum absolute atomic E-state index is 0.0608. The Labute approximate surface area is 156 Å². The molecule has 0 unspecified atom stereocenters. The van der Waals surface area contributed by atoms with Crippen molar-refractivity contribution in [2.75, 3.05) is 4.90 Å². The average molecular weight is 401 g/mol. The van der Waals surface area contributed by atoms with Crippen LogP contribution in [0.25, 0.3) is 6.08 Å². The second kappa shape index (κ2) is 6.69. The van der Waals surface area contributed by atoms with Crippen molar-refractivity contribution in [3.8, 4) is 5.75 Å². The third kappa shape index (κ3) is 3.26. The number of halogens is 3. The lowest BCUT2D eigenvalue weighted by atomic mass is 10.2. The molecule has 1 heterocycles. The van der Waals surface area contributed by atoms with Crippen LogP contribution in [0.3, 0.4) is 0 Å². The molecule has 0 radical (unpaired) electrons. The number of carbonyl (C=O) groups is 2. The van der Waals surface area contributed by atoms with Gasteiger partial charge in [-0.05, 0) is 54.2 Å². The van der Waals surface area contributed by atoms with Crippen LogP contribution >= 0.6 is 46.6 Å². The zero-order chi connectivity index (χ0) is 17.4. The summed E-state index contributed by atoms with van der Waals surface area (Å²) in [5, 5.41) is 10.4.